The monoisotopic (exact) mass is 313 g/mol. The zero-order chi connectivity index (χ0) is 16.4. The van der Waals surface area contributed by atoms with Gasteiger partial charge in [0.25, 0.3) is 5.91 Å². The number of hydrogen-bond acceptors (Lipinski definition) is 4. The summed E-state index contributed by atoms with van der Waals surface area (Å²) >= 11 is 0. The number of amides is 1. The van der Waals surface area contributed by atoms with Crippen LogP contribution in [-0.4, -0.2) is 36.7 Å². The molecule has 0 saturated carbocycles. The van der Waals surface area contributed by atoms with Gasteiger partial charge in [0.15, 0.2) is 11.5 Å². The molecule has 2 aromatic rings. The van der Waals surface area contributed by atoms with Gasteiger partial charge in [0.1, 0.15) is 5.75 Å². The summed E-state index contributed by atoms with van der Waals surface area (Å²) in [5.74, 6) is 1.21. The molecule has 0 radical (unpaired) electrons. The van der Waals surface area contributed by atoms with Crippen LogP contribution in [0.2, 0.25) is 0 Å². The Morgan fingerprint density at radius 2 is 1.96 bits per heavy atom. The smallest absolute Gasteiger partial charge is 0.254 e. The lowest BCUT2D eigenvalue weighted by molar-refractivity contribution is 0.0734. The number of phenolic OH excluding ortho intramolecular Hbond substituents is 1. The Bertz CT molecular complexity index is 742. The second-order valence-electron chi connectivity index (χ2n) is 5.50. The van der Waals surface area contributed by atoms with E-state index in [4.69, 9.17) is 9.47 Å². The van der Waals surface area contributed by atoms with Gasteiger partial charge in [0, 0.05) is 18.7 Å². The minimum Gasteiger partial charge on any atom is -0.504 e. The zero-order valence-corrected chi connectivity index (χ0v) is 13.2. The van der Waals surface area contributed by atoms with E-state index in [1.807, 2.05) is 12.1 Å². The molecule has 0 atom stereocenters. The number of aromatic hydroxyl groups is 1. The summed E-state index contributed by atoms with van der Waals surface area (Å²) in [4.78, 5) is 14.5. The van der Waals surface area contributed by atoms with Crippen LogP contribution in [0.25, 0.3) is 0 Å². The summed E-state index contributed by atoms with van der Waals surface area (Å²) in [5.41, 5.74) is 2.67. The molecule has 1 amide bonds. The largest absolute Gasteiger partial charge is 0.504 e. The quantitative estimate of drug-likeness (QED) is 0.946. The highest BCUT2D eigenvalue weighted by atomic mass is 16.5. The molecule has 0 spiro atoms. The van der Waals surface area contributed by atoms with Gasteiger partial charge in [-0.15, -0.1) is 0 Å². The fraction of sp³-hybridized carbons (Fsp3) is 0.278. The van der Waals surface area contributed by atoms with E-state index >= 15 is 0 Å². The van der Waals surface area contributed by atoms with Gasteiger partial charge in [-0.1, -0.05) is 6.07 Å². The van der Waals surface area contributed by atoms with Gasteiger partial charge in [-0.2, -0.15) is 0 Å². The van der Waals surface area contributed by atoms with Crippen molar-refractivity contribution in [3.8, 4) is 17.2 Å². The number of phenols is 1. The minimum absolute atomic E-state index is 0.0263. The van der Waals surface area contributed by atoms with Crippen LogP contribution in [0.1, 0.15) is 21.5 Å². The first-order chi connectivity index (χ1) is 11.1. The van der Waals surface area contributed by atoms with Crippen molar-refractivity contribution in [2.75, 3.05) is 20.8 Å². The van der Waals surface area contributed by atoms with Crippen LogP contribution in [0.5, 0.6) is 17.2 Å². The zero-order valence-electron chi connectivity index (χ0n) is 13.2. The molecule has 1 heterocycles. The van der Waals surface area contributed by atoms with Crippen LogP contribution in [0.15, 0.2) is 36.4 Å². The van der Waals surface area contributed by atoms with Crippen LogP contribution in [0.3, 0.4) is 0 Å². The molecule has 1 aliphatic rings. The van der Waals surface area contributed by atoms with Gasteiger partial charge >= 0.3 is 0 Å². The molecule has 0 saturated heterocycles. The third-order valence-corrected chi connectivity index (χ3v) is 4.12. The van der Waals surface area contributed by atoms with Crippen molar-refractivity contribution in [3.63, 3.8) is 0 Å². The molecule has 23 heavy (non-hydrogen) atoms. The maximum Gasteiger partial charge on any atom is 0.254 e. The number of rotatable bonds is 3. The molecule has 1 N–H and O–H groups in total. The van der Waals surface area contributed by atoms with Crippen molar-refractivity contribution in [2.45, 2.75) is 13.0 Å². The first kappa shape index (κ1) is 15.2. The summed E-state index contributed by atoms with van der Waals surface area (Å²) < 4.78 is 10.3. The molecule has 0 fully saturated rings. The van der Waals surface area contributed by atoms with Crippen LogP contribution < -0.4 is 9.47 Å². The lowest BCUT2D eigenvalue weighted by atomic mass is 9.98. The Morgan fingerprint density at radius 3 is 2.70 bits per heavy atom. The lowest BCUT2D eigenvalue weighted by Gasteiger charge is -2.29. The number of hydrogen-bond donors (Lipinski definition) is 1. The van der Waals surface area contributed by atoms with Crippen LogP contribution in [-0.2, 0) is 13.0 Å². The van der Waals surface area contributed by atoms with E-state index in [2.05, 4.69) is 0 Å². The normalized spacial score (nSPS) is 13.4. The Morgan fingerprint density at radius 1 is 1.13 bits per heavy atom. The summed E-state index contributed by atoms with van der Waals surface area (Å²) in [5, 5.41) is 9.86. The van der Waals surface area contributed by atoms with E-state index < -0.39 is 0 Å². The molecule has 0 aliphatic carbocycles. The molecule has 5 nitrogen and oxygen atoms in total. The van der Waals surface area contributed by atoms with E-state index in [1.54, 1.807) is 36.3 Å². The van der Waals surface area contributed by atoms with Crippen molar-refractivity contribution >= 4 is 5.91 Å². The van der Waals surface area contributed by atoms with Crippen molar-refractivity contribution in [1.82, 2.24) is 4.90 Å². The number of carbonyl (C=O) groups is 1. The summed E-state index contributed by atoms with van der Waals surface area (Å²) in [6.45, 7) is 1.12. The molecule has 120 valence electrons. The van der Waals surface area contributed by atoms with E-state index in [1.165, 1.54) is 7.11 Å². The second-order valence-corrected chi connectivity index (χ2v) is 5.50. The number of carbonyl (C=O) groups excluding carboxylic acids is 1. The third kappa shape index (κ3) is 2.95. The standard InChI is InChI=1S/C18H19NO4/c1-22-15-5-3-4-13(8-15)18(21)19-7-6-12-9-16(20)17(23-2)10-14(12)11-19/h3-5,8-10,20H,6-7,11H2,1-2H3. The van der Waals surface area contributed by atoms with Crippen molar-refractivity contribution in [2.24, 2.45) is 0 Å². The SMILES string of the molecule is COc1cccc(C(=O)N2CCc3cc(O)c(OC)cc3C2)c1. The highest BCUT2D eigenvalue weighted by molar-refractivity contribution is 5.94. The number of fused-ring (bicyclic) bond motifs is 1. The Kier molecular flexibility index (Phi) is 4.10. The van der Waals surface area contributed by atoms with Gasteiger partial charge < -0.3 is 19.5 Å². The van der Waals surface area contributed by atoms with E-state index in [0.29, 0.717) is 36.6 Å². The first-order valence-electron chi connectivity index (χ1n) is 7.44. The number of ether oxygens (including phenoxy) is 2. The first-order valence-corrected chi connectivity index (χ1v) is 7.44. The lowest BCUT2D eigenvalue weighted by Crippen LogP contribution is -2.35. The van der Waals surface area contributed by atoms with E-state index in [-0.39, 0.29) is 11.7 Å². The Balaban J connectivity index is 1.84. The molecular formula is C18H19NO4. The van der Waals surface area contributed by atoms with Crippen molar-refractivity contribution in [1.29, 1.82) is 0 Å². The van der Waals surface area contributed by atoms with Gasteiger partial charge in [0.2, 0.25) is 0 Å². The van der Waals surface area contributed by atoms with Gasteiger partial charge in [0.05, 0.1) is 14.2 Å². The van der Waals surface area contributed by atoms with Crippen molar-refractivity contribution in [3.05, 3.63) is 53.1 Å². The molecule has 3 rings (SSSR count). The molecule has 1 aliphatic heterocycles. The van der Waals surface area contributed by atoms with Crippen molar-refractivity contribution < 1.29 is 19.4 Å². The Labute approximate surface area is 135 Å². The molecule has 2 aromatic carbocycles. The van der Waals surface area contributed by atoms with E-state index in [9.17, 15) is 9.90 Å². The highest BCUT2D eigenvalue weighted by Crippen LogP contribution is 2.32. The average Bonchev–Trinajstić information content (AvgIpc) is 2.60. The fourth-order valence-corrected chi connectivity index (χ4v) is 2.85. The second kappa shape index (κ2) is 6.20. The predicted molar refractivity (Wildman–Crippen MR) is 86.1 cm³/mol. The van der Waals surface area contributed by atoms with Gasteiger partial charge in [-0.3, -0.25) is 4.79 Å². The molecular weight excluding hydrogens is 294 g/mol. The Hall–Kier alpha value is -2.69. The molecule has 5 heteroatoms. The van der Waals surface area contributed by atoms with Gasteiger partial charge in [-0.25, -0.2) is 0 Å². The van der Waals surface area contributed by atoms with Crippen LogP contribution in [0, 0.1) is 0 Å². The highest BCUT2D eigenvalue weighted by Gasteiger charge is 2.23. The summed E-state index contributed by atoms with van der Waals surface area (Å²) in [7, 11) is 3.10. The van der Waals surface area contributed by atoms with Crippen LogP contribution >= 0.6 is 0 Å². The van der Waals surface area contributed by atoms with Crippen LogP contribution in [0.4, 0.5) is 0 Å². The molecule has 0 unspecified atom stereocenters. The number of benzene rings is 2. The summed E-state index contributed by atoms with van der Waals surface area (Å²) in [6.07, 6.45) is 0.711. The molecule has 0 bridgehead atoms. The maximum absolute atomic E-state index is 12.7. The predicted octanol–water partition coefficient (Wildman–Crippen LogP) is 2.61. The van der Waals surface area contributed by atoms with E-state index in [0.717, 1.165) is 11.1 Å². The third-order valence-electron chi connectivity index (χ3n) is 4.12. The number of methoxy groups -OCH3 is 2. The summed E-state index contributed by atoms with van der Waals surface area (Å²) in [6, 6.07) is 10.7. The van der Waals surface area contributed by atoms with Gasteiger partial charge in [-0.05, 0) is 47.9 Å². The average molecular weight is 313 g/mol. The molecule has 0 aromatic heterocycles. The topological polar surface area (TPSA) is 59.0 Å². The maximum atomic E-state index is 12.7. The number of nitrogens with zero attached hydrogens (tertiary/aromatic N) is 1. The fourth-order valence-electron chi connectivity index (χ4n) is 2.85. The minimum atomic E-state index is -0.0263.